The molecule has 0 saturated carbocycles. The second kappa shape index (κ2) is 16.5. The van der Waals surface area contributed by atoms with Crippen molar-refractivity contribution in [1.29, 1.82) is 5.26 Å². The van der Waals surface area contributed by atoms with Gasteiger partial charge in [0.1, 0.15) is 17.4 Å². The molecule has 1 aliphatic rings. The summed E-state index contributed by atoms with van der Waals surface area (Å²) in [6, 6.07) is 4.05. The number of aryl methyl sites for hydroxylation is 2. The lowest BCUT2D eigenvalue weighted by Gasteiger charge is -2.04. The molecule has 4 nitrogen and oxygen atoms in total. The normalized spacial score (nSPS) is 10.8. The van der Waals surface area contributed by atoms with Gasteiger partial charge in [-0.3, -0.25) is 0 Å². The van der Waals surface area contributed by atoms with Gasteiger partial charge in [0.15, 0.2) is 0 Å². The van der Waals surface area contributed by atoms with E-state index in [1.807, 2.05) is 39.8 Å². The zero-order chi connectivity index (χ0) is 23.8. The summed E-state index contributed by atoms with van der Waals surface area (Å²) in [5.74, 6) is 0.850. The summed E-state index contributed by atoms with van der Waals surface area (Å²) in [7, 11) is 0. The maximum absolute atomic E-state index is 10.3. The number of aldehydes is 1. The number of hydrogen-bond acceptors (Lipinski definition) is 6. The van der Waals surface area contributed by atoms with Crippen LogP contribution in [-0.4, -0.2) is 22.0 Å². The van der Waals surface area contributed by atoms with E-state index in [2.05, 4.69) is 43.0 Å². The Bertz CT molecular complexity index is 854. The molecule has 31 heavy (non-hydrogen) atoms. The molecule has 0 aromatic carbocycles. The van der Waals surface area contributed by atoms with E-state index in [1.165, 1.54) is 17.3 Å². The van der Waals surface area contributed by atoms with Crippen molar-refractivity contribution in [3.63, 3.8) is 0 Å². The zero-order valence-electron chi connectivity index (χ0n) is 19.7. The highest BCUT2D eigenvalue weighted by atomic mass is 32.2. The molecule has 0 unspecified atom stereocenters. The highest BCUT2D eigenvalue weighted by Crippen LogP contribution is 2.27. The largest absolute Gasteiger partial charge is 0.302 e. The first-order valence-corrected chi connectivity index (χ1v) is 12.6. The first kappa shape index (κ1) is 28.8. The quantitative estimate of drug-likeness (QED) is 0.335. The average molecular weight is 458 g/mol. The summed E-state index contributed by atoms with van der Waals surface area (Å²) < 4.78 is 0. The number of fused-ring (bicyclic) bond motifs is 1. The molecule has 2 aromatic rings. The number of carbonyl (C=O) groups is 1. The molecule has 1 aliphatic carbocycles. The number of hydrogen-bond donors (Lipinski definition) is 0. The molecule has 0 aliphatic heterocycles. The third-order valence-electron chi connectivity index (χ3n) is 3.99. The minimum atomic E-state index is 0.362. The van der Waals surface area contributed by atoms with Gasteiger partial charge in [0.2, 0.25) is 0 Å². The van der Waals surface area contributed by atoms with Crippen molar-refractivity contribution in [2.45, 2.75) is 71.7 Å². The maximum atomic E-state index is 10.3. The van der Waals surface area contributed by atoms with Crippen molar-refractivity contribution in [2.75, 3.05) is 5.75 Å². The van der Waals surface area contributed by atoms with Gasteiger partial charge in [-0.15, -0.1) is 11.3 Å². The molecule has 0 radical (unpaired) electrons. The Balaban J connectivity index is 0.000000510. The first-order chi connectivity index (χ1) is 15.0. The molecular weight excluding hydrogens is 422 g/mol. The molecule has 168 valence electrons. The summed E-state index contributed by atoms with van der Waals surface area (Å²) in [6.45, 7) is 19.7. The molecule has 0 atom stereocenters. The van der Waals surface area contributed by atoms with Gasteiger partial charge in [-0.25, -0.2) is 9.97 Å². The molecule has 0 spiro atoms. The van der Waals surface area contributed by atoms with Crippen LogP contribution < -0.4 is 0 Å². The summed E-state index contributed by atoms with van der Waals surface area (Å²) in [4.78, 5) is 20.3. The van der Waals surface area contributed by atoms with Crippen LogP contribution in [0.5, 0.6) is 0 Å². The number of nitrogens with zero attached hydrogens (tertiary/aromatic N) is 3. The molecule has 0 amide bonds. The number of pyridine rings is 1. The first-order valence-electron chi connectivity index (χ1n) is 10.8. The molecule has 2 heterocycles. The topological polar surface area (TPSA) is 66.6 Å². The van der Waals surface area contributed by atoms with Crippen LogP contribution >= 0.6 is 23.1 Å². The number of nitriles is 1. The van der Waals surface area contributed by atoms with Crippen molar-refractivity contribution in [3.8, 4) is 6.07 Å². The molecule has 2 aromatic heterocycles. The van der Waals surface area contributed by atoms with E-state index in [0.717, 1.165) is 46.8 Å². The summed E-state index contributed by atoms with van der Waals surface area (Å²) in [6.07, 6.45) is 7.58. The number of thiazole rings is 1. The van der Waals surface area contributed by atoms with Crippen LogP contribution in [0.1, 0.15) is 86.3 Å². The van der Waals surface area contributed by atoms with E-state index >= 15 is 0 Å². The van der Waals surface area contributed by atoms with Gasteiger partial charge in [-0.05, 0) is 43.0 Å². The molecule has 0 saturated heterocycles. The number of aromatic nitrogens is 2. The van der Waals surface area contributed by atoms with Gasteiger partial charge < -0.3 is 4.79 Å². The standard InChI is InChI=1S/C11H10N2OS.C10H13NS.2C2H6/c12-7-9-6-8-2-1-3-10(8)13-11(9)15-5-4-14;1-5-8-9(6-2)12-10(11-8)7(3)4;2*1-2/h4,6H,1-3,5H2;5-7H,1-2H2,3-4H3;2*1-2H3. The fourth-order valence-electron chi connectivity index (χ4n) is 2.66. The lowest BCUT2D eigenvalue weighted by Crippen LogP contribution is -1.95. The van der Waals surface area contributed by atoms with Crippen LogP contribution in [0.15, 0.2) is 24.3 Å². The van der Waals surface area contributed by atoms with Crippen LogP contribution in [0.25, 0.3) is 12.2 Å². The Kier molecular flexibility index (Phi) is 15.3. The predicted molar refractivity (Wildman–Crippen MR) is 137 cm³/mol. The third-order valence-corrected chi connectivity index (χ3v) is 6.25. The van der Waals surface area contributed by atoms with Crippen molar-refractivity contribution < 1.29 is 4.79 Å². The zero-order valence-corrected chi connectivity index (χ0v) is 21.3. The molecule has 0 fully saturated rings. The Morgan fingerprint density at radius 1 is 1.19 bits per heavy atom. The average Bonchev–Trinajstić information content (AvgIpc) is 3.46. The van der Waals surface area contributed by atoms with Gasteiger partial charge in [-0.1, -0.05) is 66.5 Å². The molecule has 3 rings (SSSR count). The van der Waals surface area contributed by atoms with Crippen molar-refractivity contribution >= 4 is 41.5 Å². The molecule has 0 N–H and O–H groups in total. The van der Waals surface area contributed by atoms with Gasteiger partial charge in [-0.2, -0.15) is 5.26 Å². The van der Waals surface area contributed by atoms with Crippen LogP contribution in [-0.2, 0) is 17.6 Å². The maximum Gasteiger partial charge on any atom is 0.130 e. The van der Waals surface area contributed by atoms with Gasteiger partial charge >= 0.3 is 0 Å². The lowest BCUT2D eigenvalue weighted by molar-refractivity contribution is -0.105. The third kappa shape index (κ3) is 8.80. The molecule has 6 heteroatoms. The summed E-state index contributed by atoms with van der Waals surface area (Å²) >= 11 is 3.03. The predicted octanol–water partition coefficient (Wildman–Crippen LogP) is 7.34. The van der Waals surface area contributed by atoms with E-state index in [9.17, 15) is 4.79 Å². The minimum Gasteiger partial charge on any atom is -0.302 e. The van der Waals surface area contributed by atoms with E-state index in [4.69, 9.17) is 5.26 Å². The Morgan fingerprint density at radius 3 is 2.35 bits per heavy atom. The van der Waals surface area contributed by atoms with Gasteiger partial charge in [0, 0.05) is 11.6 Å². The number of thioether (sulfide) groups is 1. The van der Waals surface area contributed by atoms with Crippen molar-refractivity contribution in [2.24, 2.45) is 0 Å². The van der Waals surface area contributed by atoms with E-state index < -0.39 is 0 Å². The SMILES string of the molecule is C=Cc1nc(C(C)C)sc1C=C.CC.CC.N#Cc1cc2c(nc1SCC=O)CCC2. The summed E-state index contributed by atoms with van der Waals surface area (Å²) in [5, 5.41) is 10.8. The Morgan fingerprint density at radius 2 is 1.87 bits per heavy atom. The highest BCUT2D eigenvalue weighted by Gasteiger charge is 2.16. The van der Waals surface area contributed by atoms with Crippen molar-refractivity contribution in [3.05, 3.63) is 51.6 Å². The smallest absolute Gasteiger partial charge is 0.130 e. The van der Waals surface area contributed by atoms with Crippen LogP contribution in [0.2, 0.25) is 0 Å². The molecular formula is C25H35N3OS2. The van der Waals surface area contributed by atoms with Crippen molar-refractivity contribution in [1.82, 2.24) is 9.97 Å². The van der Waals surface area contributed by atoms with Gasteiger partial charge in [0.25, 0.3) is 0 Å². The minimum absolute atomic E-state index is 0.362. The van der Waals surface area contributed by atoms with Crippen LogP contribution in [0.3, 0.4) is 0 Å². The van der Waals surface area contributed by atoms with Crippen LogP contribution in [0.4, 0.5) is 0 Å². The van der Waals surface area contributed by atoms with E-state index in [-0.39, 0.29) is 0 Å². The lowest BCUT2D eigenvalue weighted by atomic mass is 10.2. The van der Waals surface area contributed by atoms with Crippen LogP contribution in [0, 0.1) is 11.3 Å². The Hall–Kier alpha value is -2.23. The van der Waals surface area contributed by atoms with E-state index in [1.54, 1.807) is 17.4 Å². The highest BCUT2D eigenvalue weighted by molar-refractivity contribution is 7.99. The molecule has 0 bridgehead atoms. The second-order valence-electron chi connectivity index (χ2n) is 6.25. The fraction of sp³-hybridized carbons (Fsp3) is 0.440. The van der Waals surface area contributed by atoms with E-state index in [0.29, 0.717) is 22.3 Å². The second-order valence-corrected chi connectivity index (χ2v) is 8.33. The Labute approximate surface area is 196 Å². The summed E-state index contributed by atoms with van der Waals surface area (Å²) in [5.41, 5.74) is 3.85. The fourth-order valence-corrected chi connectivity index (χ4v) is 4.24. The number of rotatable bonds is 6. The number of carbonyl (C=O) groups excluding carboxylic acids is 1. The monoisotopic (exact) mass is 457 g/mol. The van der Waals surface area contributed by atoms with Gasteiger partial charge in [0.05, 0.1) is 26.9 Å².